The summed E-state index contributed by atoms with van der Waals surface area (Å²) < 4.78 is 28.2. The maximum atomic E-state index is 9.85. The van der Waals surface area contributed by atoms with Crippen molar-refractivity contribution < 1.29 is 23.7 Å². The Bertz CT molecular complexity index is 1370. The van der Waals surface area contributed by atoms with Crippen molar-refractivity contribution in [3.63, 3.8) is 0 Å². The molecule has 0 amide bonds. The minimum absolute atomic E-state index is 0.0396. The Kier molecular flexibility index (Phi) is 5.78. The van der Waals surface area contributed by atoms with E-state index in [0.29, 0.717) is 38.8 Å². The first kappa shape index (κ1) is 22.1. The smallest absolute Gasteiger partial charge is 0.231 e. The number of nitriles is 1. The van der Waals surface area contributed by atoms with E-state index in [-0.39, 0.29) is 24.9 Å². The first-order chi connectivity index (χ1) is 16.5. The van der Waals surface area contributed by atoms with Gasteiger partial charge in [-0.25, -0.2) is 0 Å². The fourth-order valence-electron chi connectivity index (χ4n) is 3.96. The van der Waals surface area contributed by atoms with E-state index in [4.69, 9.17) is 52.6 Å². The molecular weight excluding hydrogens is 479 g/mol. The Balaban J connectivity index is 1.50. The van der Waals surface area contributed by atoms with E-state index in [0.717, 1.165) is 16.7 Å². The highest BCUT2D eigenvalue weighted by molar-refractivity contribution is 6.42. The van der Waals surface area contributed by atoms with Gasteiger partial charge in [0.15, 0.2) is 23.0 Å². The topological polar surface area (TPSA) is 96.0 Å². The lowest BCUT2D eigenvalue weighted by Gasteiger charge is -2.27. The Morgan fingerprint density at radius 3 is 2.53 bits per heavy atom. The van der Waals surface area contributed by atoms with Gasteiger partial charge < -0.3 is 29.4 Å². The second-order valence-corrected chi connectivity index (χ2v) is 8.43. The Morgan fingerprint density at radius 1 is 1.00 bits per heavy atom. The molecule has 0 fully saturated rings. The third-order valence-electron chi connectivity index (χ3n) is 5.61. The number of hydrogen-bond acceptors (Lipinski definition) is 7. The molecule has 0 spiro atoms. The second kappa shape index (κ2) is 8.90. The molecule has 7 nitrogen and oxygen atoms in total. The van der Waals surface area contributed by atoms with Crippen LogP contribution in [0.3, 0.4) is 0 Å². The van der Waals surface area contributed by atoms with Crippen LogP contribution in [0.4, 0.5) is 0 Å². The lowest BCUT2D eigenvalue weighted by atomic mass is 9.83. The third-order valence-corrected chi connectivity index (χ3v) is 6.35. The standard InChI is InChI=1S/C25H18Cl2N2O5/c1-30-21-7-14(3-5-19(21)31-11-13-2-4-17(26)18(27)6-13)24-15-8-22-23(33-12-32-22)9-20(15)34-25(29)16(24)10-28/h2-9,24H,11-12,29H2,1H3/t24-/m0/s1. The fourth-order valence-corrected chi connectivity index (χ4v) is 4.28. The number of rotatable bonds is 5. The van der Waals surface area contributed by atoms with Crippen LogP contribution in [0, 0.1) is 11.3 Å². The summed E-state index contributed by atoms with van der Waals surface area (Å²) in [7, 11) is 1.55. The molecule has 3 aromatic carbocycles. The molecule has 0 bridgehead atoms. The Hall–Kier alpha value is -3.73. The molecule has 0 aliphatic carbocycles. The van der Waals surface area contributed by atoms with E-state index < -0.39 is 5.92 Å². The monoisotopic (exact) mass is 496 g/mol. The minimum Gasteiger partial charge on any atom is -0.493 e. The molecule has 1 atom stereocenters. The number of nitrogens with two attached hydrogens (primary N) is 1. The molecule has 2 N–H and O–H groups in total. The molecule has 172 valence electrons. The lowest BCUT2D eigenvalue weighted by molar-refractivity contribution is 0.174. The van der Waals surface area contributed by atoms with Crippen molar-refractivity contribution in [3.8, 4) is 34.8 Å². The number of halogens is 2. The third kappa shape index (κ3) is 3.92. The van der Waals surface area contributed by atoms with Crippen LogP contribution in [-0.4, -0.2) is 13.9 Å². The Morgan fingerprint density at radius 2 is 1.79 bits per heavy atom. The summed E-state index contributed by atoms with van der Waals surface area (Å²) >= 11 is 12.1. The van der Waals surface area contributed by atoms with Crippen molar-refractivity contribution in [3.05, 3.63) is 86.7 Å². The van der Waals surface area contributed by atoms with Gasteiger partial charge in [0.25, 0.3) is 0 Å². The molecule has 0 unspecified atom stereocenters. The van der Waals surface area contributed by atoms with E-state index in [1.54, 1.807) is 31.4 Å². The average molecular weight is 497 g/mol. The van der Waals surface area contributed by atoms with Crippen LogP contribution in [0.25, 0.3) is 0 Å². The summed E-state index contributed by atoms with van der Waals surface area (Å²) in [5.41, 5.74) is 8.76. The van der Waals surface area contributed by atoms with Gasteiger partial charge in [-0.1, -0.05) is 35.3 Å². The second-order valence-electron chi connectivity index (χ2n) is 7.62. The van der Waals surface area contributed by atoms with Gasteiger partial charge in [0.05, 0.1) is 23.1 Å². The zero-order valence-corrected chi connectivity index (χ0v) is 19.4. The van der Waals surface area contributed by atoms with Crippen LogP contribution in [-0.2, 0) is 6.61 Å². The van der Waals surface area contributed by atoms with Gasteiger partial charge in [-0.2, -0.15) is 5.26 Å². The molecule has 0 radical (unpaired) electrons. The van der Waals surface area contributed by atoms with Crippen LogP contribution in [0.5, 0.6) is 28.7 Å². The summed E-state index contributed by atoms with van der Waals surface area (Å²) in [5.74, 6) is 2.24. The largest absolute Gasteiger partial charge is 0.493 e. The summed E-state index contributed by atoms with van der Waals surface area (Å²) in [6.45, 7) is 0.391. The quantitative estimate of drug-likeness (QED) is 0.495. The molecule has 3 aromatic rings. The van der Waals surface area contributed by atoms with Crippen LogP contribution < -0.4 is 29.4 Å². The lowest BCUT2D eigenvalue weighted by Crippen LogP contribution is -2.21. The molecule has 34 heavy (non-hydrogen) atoms. The molecular formula is C25H18Cl2N2O5. The van der Waals surface area contributed by atoms with Crippen LogP contribution in [0.2, 0.25) is 10.0 Å². The van der Waals surface area contributed by atoms with Crippen LogP contribution >= 0.6 is 23.2 Å². The molecule has 9 heteroatoms. The van der Waals surface area contributed by atoms with Gasteiger partial charge in [-0.05, 0) is 41.5 Å². The number of ether oxygens (including phenoxy) is 5. The van der Waals surface area contributed by atoms with Crippen molar-refractivity contribution in [2.24, 2.45) is 5.73 Å². The highest BCUT2D eigenvalue weighted by atomic mass is 35.5. The SMILES string of the molecule is COc1cc([C@@H]2C(C#N)=C(N)Oc3cc4c(cc32)OCO4)ccc1OCc1ccc(Cl)c(Cl)c1. The van der Waals surface area contributed by atoms with Gasteiger partial charge in [0.2, 0.25) is 12.7 Å². The summed E-state index contributed by atoms with van der Waals surface area (Å²) in [5, 5.41) is 10.8. The van der Waals surface area contributed by atoms with Gasteiger partial charge in [-0.3, -0.25) is 0 Å². The maximum Gasteiger partial charge on any atom is 0.231 e. The average Bonchev–Trinajstić information content (AvgIpc) is 3.30. The van der Waals surface area contributed by atoms with Crippen molar-refractivity contribution in [1.82, 2.24) is 0 Å². The van der Waals surface area contributed by atoms with Gasteiger partial charge >= 0.3 is 0 Å². The fraction of sp³-hybridized carbons (Fsp3) is 0.160. The number of hydrogen-bond donors (Lipinski definition) is 1. The van der Waals surface area contributed by atoms with E-state index in [9.17, 15) is 5.26 Å². The molecule has 5 rings (SSSR count). The van der Waals surface area contributed by atoms with Gasteiger partial charge in [0.1, 0.15) is 24.0 Å². The summed E-state index contributed by atoms with van der Waals surface area (Å²) in [4.78, 5) is 0. The molecule has 2 aliphatic rings. The normalized spacial score (nSPS) is 15.9. The predicted molar refractivity (Wildman–Crippen MR) is 126 cm³/mol. The molecule has 2 heterocycles. The predicted octanol–water partition coefficient (Wildman–Crippen LogP) is 5.53. The van der Waals surface area contributed by atoms with E-state index in [2.05, 4.69) is 6.07 Å². The molecule has 2 aliphatic heterocycles. The zero-order valence-electron chi connectivity index (χ0n) is 17.9. The van der Waals surface area contributed by atoms with Crippen molar-refractivity contribution in [2.75, 3.05) is 13.9 Å². The maximum absolute atomic E-state index is 9.85. The van der Waals surface area contributed by atoms with E-state index in [1.165, 1.54) is 0 Å². The molecule has 0 saturated carbocycles. The number of allylic oxidation sites excluding steroid dienone is 1. The molecule has 0 aromatic heterocycles. The number of benzene rings is 3. The van der Waals surface area contributed by atoms with Crippen molar-refractivity contribution in [2.45, 2.75) is 12.5 Å². The highest BCUT2D eigenvalue weighted by Crippen LogP contribution is 2.48. The summed E-state index contributed by atoms with van der Waals surface area (Å²) in [6, 6.07) is 16.5. The number of fused-ring (bicyclic) bond motifs is 2. The number of nitrogens with zero attached hydrogens (tertiary/aromatic N) is 1. The van der Waals surface area contributed by atoms with Crippen molar-refractivity contribution in [1.29, 1.82) is 5.26 Å². The molecule has 0 saturated heterocycles. The van der Waals surface area contributed by atoms with Crippen LogP contribution in [0.15, 0.2) is 60.0 Å². The van der Waals surface area contributed by atoms with Crippen molar-refractivity contribution >= 4 is 23.2 Å². The van der Waals surface area contributed by atoms with Gasteiger partial charge in [-0.15, -0.1) is 0 Å². The zero-order chi connectivity index (χ0) is 23.8. The summed E-state index contributed by atoms with van der Waals surface area (Å²) in [6.07, 6.45) is 0. The first-order valence-electron chi connectivity index (χ1n) is 10.2. The van der Waals surface area contributed by atoms with Crippen LogP contribution in [0.1, 0.15) is 22.6 Å². The first-order valence-corrected chi connectivity index (χ1v) is 11.0. The van der Waals surface area contributed by atoms with E-state index >= 15 is 0 Å². The minimum atomic E-state index is -0.485. The van der Waals surface area contributed by atoms with Gasteiger partial charge in [0, 0.05) is 11.6 Å². The highest BCUT2D eigenvalue weighted by Gasteiger charge is 2.33. The van der Waals surface area contributed by atoms with E-state index in [1.807, 2.05) is 24.3 Å². The Labute approximate surface area is 205 Å². The number of methoxy groups -OCH3 is 1.